The Morgan fingerprint density at radius 3 is 1.53 bits per heavy atom. The van der Waals surface area contributed by atoms with Crippen LogP contribution in [0.5, 0.6) is 0 Å². The van der Waals surface area contributed by atoms with Gasteiger partial charge in [0.05, 0.1) is 5.69 Å². The summed E-state index contributed by atoms with van der Waals surface area (Å²) in [6.07, 6.45) is 0. The van der Waals surface area contributed by atoms with Crippen LogP contribution in [0.2, 0.25) is 0 Å². The Hall–Kier alpha value is -8.26. The first-order chi connectivity index (χ1) is 32.5. The number of nitrogens with zero attached hydrogens (tertiary/aromatic N) is 1. The lowest BCUT2D eigenvalue weighted by Crippen LogP contribution is -2.17. The summed E-state index contributed by atoms with van der Waals surface area (Å²) in [4.78, 5) is 2.49. The van der Waals surface area contributed by atoms with Crippen LogP contribution in [0.3, 0.4) is 0 Å². The minimum Gasteiger partial charge on any atom is -0.310 e. The lowest BCUT2D eigenvalue weighted by molar-refractivity contribution is 0.660. The lowest BCUT2D eigenvalue weighted by Gasteiger charge is -2.31. The van der Waals surface area contributed by atoms with Crippen molar-refractivity contribution in [2.75, 3.05) is 4.90 Å². The average molecular weight is 842 g/mol. The molecule has 11 aromatic carbocycles. The van der Waals surface area contributed by atoms with Crippen molar-refractivity contribution in [3.8, 4) is 66.8 Å². The van der Waals surface area contributed by atoms with Gasteiger partial charge in [-0.3, -0.25) is 0 Å². The van der Waals surface area contributed by atoms with E-state index in [4.69, 9.17) is 0 Å². The molecule has 1 nitrogen and oxygen atoms in total. The topological polar surface area (TPSA) is 3.24 Å². The van der Waals surface area contributed by atoms with Crippen LogP contribution in [0.4, 0.5) is 17.1 Å². The molecule has 0 unspecified atom stereocenters. The molecular formula is C65H47N. The Bertz CT molecular complexity index is 3590. The molecule has 1 heteroatoms. The Morgan fingerprint density at radius 1 is 0.288 bits per heavy atom. The number of rotatable bonds is 8. The van der Waals surface area contributed by atoms with Gasteiger partial charge < -0.3 is 4.90 Å². The van der Waals surface area contributed by atoms with Crippen LogP contribution >= 0.6 is 0 Å². The summed E-state index contributed by atoms with van der Waals surface area (Å²) in [6, 6.07) is 91.5. The van der Waals surface area contributed by atoms with Crippen LogP contribution in [0.15, 0.2) is 249 Å². The normalized spacial score (nSPS) is 12.5. The van der Waals surface area contributed by atoms with Crippen LogP contribution in [0, 0.1) is 0 Å². The molecule has 0 aliphatic heterocycles. The summed E-state index contributed by atoms with van der Waals surface area (Å²) in [5.74, 6) is 0. The molecule has 1 aliphatic rings. The van der Waals surface area contributed by atoms with E-state index >= 15 is 0 Å². The summed E-state index contributed by atoms with van der Waals surface area (Å²) in [7, 11) is 0. The maximum Gasteiger partial charge on any atom is 0.0546 e. The molecule has 66 heavy (non-hydrogen) atoms. The maximum absolute atomic E-state index is 2.49. The van der Waals surface area contributed by atoms with Crippen molar-refractivity contribution in [2.45, 2.75) is 19.3 Å². The number of hydrogen-bond donors (Lipinski definition) is 0. The van der Waals surface area contributed by atoms with Crippen molar-refractivity contribution in [3.63, 3.8) is 0 Å². The standard InChI is InChI=1S/C65H47N/c1-65(2)61-42-50(44-17-6-3-7-18-44)34-39-58(61)59-40-37-53(43-62(59)65)66(52-35-31-45(32-36-52)49-33-38-56-51(41-49)30-29-48-23-12-13-24-54(48)56)63-28-16-27-57(47-21-10-5-11-22-47)64(63)60-26-15-14-25-55(60)46-19-8-4-9-20-46/h3-43H,1-2H3. The Balaban J connectivity index is 1.06. The SMILES string of the molecule is CC1(C)c2cc(-c3ccccc3)ccc2-c2ccc(N(c3ccc(-c4ccc5c(ccc6ccccc65)c4)cc3)c3cccc(-c4ccccc4)c3-c3ccccc3-c3ccccc3)cc21. The first-order valence-corrected chi connectivity index (χ1v) is 23.0. The Labute approximate surface area is 387 Å². The zero-order valence-corrected chi connectivity index (χ0v) is 37.1. The van der Waals surface area contributed by atoms with Gasteiger partial charge in [0.1, 0.15) is 0 Å². The quantitative estimate of drug-likeness (QED) is 0.138. The second-order valence-electron chi connectivity index (χ2n) is 18.1. The molecule has 0 bridgehead atoms. The summed E-state index contributed by atoms with van der Waals surface area (Å²) in [6.45, 7) is 4.78. The molecule has 0 fully saturated rings. The summed E-state index contributed by atoms with van der Waals surface area (Å²) in [5.41, 5.74) is 20.4. The second kappa shape index (κ2) is 16.1. The molecule has 0 aromatic heterocycles. The summed E-state index contributed by atoms with van der Waals surface area (Å²) >= 11 is 0. The van der Waals surface area contributed by atoms with Gasteiger partial charge in [0, 0.05) is 22.4 Å². The molecule has 0 atom stereocenters. The van der Waals surface area contributed by atoms with E-state index in [0.29, 0.717) is 0 Å². The Morgan fingerprint density at radius 2 is 0.788 bits per heavy atom. The van der Waals surface area contributed by atoms with Crippen LogP contribution in [-0.4, -0.2) is 0 Å². The average Bonchev–Trinajstić information content (AvgIpc) is 3.61. The van der Waals surface area contributed by atoms with E-state index in [9.17, 15) is 0 Å². The molecule has 312 valence electrons. The highest BCUT2D eigenvalue weighted by molar-refractivity contribution is 6.08. The van der Waals surface area contributed by atoms with E-state index in [2.05, 4.69) is 267 Å². The molecule has 11 aromatic rings. The van der Waals surface area contributed by atoms with Crippen molar-refractivity contribution in [3.05, 3.63) is 260 Å². The zero-order valence-electron chi connectivity index (χ0n) is 37.1. The highest BCUT2D eigenvalue weighted by Crippen LogP contribution is 2.53. The monoisotopic (exact) mass is 841 g/mol. The van der Waals surface area contributed by atoms with Gasteiger partial charge in [-0.15, -0.1) is 0 Å². The van der Waals surface area contributed by atoms with Crippen LogP contribution in [-0.2, 0) is 5.41 Å². The number of fused-ring (bicyclic) bond motifs is 6. The zero-order chi connectivity index (χ0) is 44.2. The minimum absolute atomic E-state index is 0.225. The van der Waals surface area contributed by atoms with Gasteiger partial charge in [0.15, 0.2) is 0 Å². The smallest absolute Gasteiger partial charge is 0.0546 e. The third-order valence-corrected chi connectivity index (χ3v) is 13.9. The molecule has 0 spiro atoms. The van der Waals surface area contributed by atoms with Crippen molar-refractivity contribution in [1.29, 1.82) is 0 Å². The van der Waals surface area contributed by atoms with E-state index in [-0.39, 0.29) is 5.41 Å². The van der Waals surface area contributed by atoms with Gasteiger partial charge in [0.2, 0.25) is 0 Å². The predicted molar refractivity (Wildman–Crippen MR) is 281 cm³/mol. The van der Waals surface area contributed by atoms with Crippen LogP contribution < -0.4 is 4.90 Å². The first kappa shape index (κ1) is 39.3. The summed E-state index contributed by atoms with van der Waals surface area (Å²) in [5, 5.41) is 5.07. The molecule has 1 aliphatic carbocycles. The predicted octanol–water partition coefficient (Wildman–Crippen LogP) is 18.1. The van der Waals surface area contributed by atoms with Crippen molar-refractivity contribution in [1.82, 2.24) is 0 Å². The molecule has 0 saturated heterocycles. The first-order valence-electron chi connectivity index (χ1n) is 23.0. The molecule has 0 N–H and O–H groups in total. The van der Waals surface area contributed by atoms with E-state index in [0.717, 1.165) is 17.1 Å². The van der Waals surface area contributed by atoms with E-state index < -0.39 is 0 Å². The highest BCUT2D eigenvalue weighted by Gasteiger charge is 2.36. The van der Waals surface area contributed by atoms with Crippen molar-refractivity contribution >= 4 is 38.6 Å². The molecule has 0 radical (unpaired) electrons. The van der Waals surface area contributed by atoms with E-state index in [1.807, 2.05) is 0 Å². The van der Waals surface area contributed by atoms with Crippen LogP contribution in [0.1, 0.15) is 25.0 Å². The van der Waals surface area contributed by atoms with Gasteiger partial charge >= 0.3 is 0 Å². The van der Waals surface area contributed by atoms with Crippen LogP contribution in [0.25, 0.3) is 88.3 Å². The largest absolute Gasteiger partial charge is 0.310 e. The van der Waals surface area contributed by atoms with Gasteiger partial charge in [0.25, 0.3) is 0 Å². The van der Waals surface area contributed by atoms with Crippen molar-refractivity contribution < 1.29 is 0 Å². The third kappa shape index (κ3) is 6.71. The van der Waals surface area contributed by atoms with E-state index in [1.165, 1.54) is 99.4 Å². The van der Waals surface area contributed by atoms with Gasteiger partial charge in [-0.25, -0.2) is 0 Å². The fourth-order valence-corrected chi connectivity index (χ4v) is 10.5. The molecule has 0 heterocycles. The summed E-state index contributed by atoms with van der Waals surface area (Å²) < 4.78 is 0. The van der Waals surface area contributed by atoms with Gasteiger partial charge in [-0.1, -0.05) is 220 Å². The number of anilines is 3. The van der Waals surface area contributed by atoms with Gasteiger partial charge in [-0.05, 0) is 136 Å². The second-order valence-corrected chi connectivity index (χ2v) is 18.1. The molecular weight excluding hydrogens is 795 g/mol. The third-order valence-electron chi connectivity index (χ3n) is 13.9. The lowest BCUT2D eigenvalue weighted by atomic mass is 9.81. The number of benzene rings is 11. The fraction of sp³-hybridized carbons (Fsp3) is 0.0462. The van der Waals surface area contributed by atoms with Crippen molar-refractivity contribution in [2.24, 2.45) is 0 Å². The molecule has 0 saturated carbocycles. The highest BCUT2D eigenvalue weighted by atomic mass is 15.1. The van der Waals surface area contributed by atoms with Gasteiger partial charge in [-0.2, -0.15) is 0 Å². The maximum atomic E-state index is 2.49. The number of hydrogen-bond acceptors (Lipinski definition) is 1. The van der Waals surface area contributed by atoms with E-state index in [1.54, 1.807) is 0 Å². The molecule has 12 rings (SSSR count). The minimum atomic E-state index is -0.225. The molecule has 0 amide bonds. The fourth-order valence-electron chi connectivity index (χ4n) is 10.5. The Kier molecular flexibility index (Phi) is 9.58.